The normalized spacial score (nSPS) is 10.5. The van der Waals surface area contributed by atoms with Crippen molar-refractivity contribution in [1.29, 1.82) is 0 Å². The Morgan fingerprint density at radius 2 is 1.96 bits per heavy atom. The molecule has 0 saturated heterocycles. The van der Waals surface area contributed by atoms with Crippen molar-refractivity contribution in [3.63, 3.8) is 0 Å². The van der Waals surface area contributed by atoms with Crippen LogP contribution in [0.5, 0.6) is 11.5 Å². The first-order chi connectivity index (χ1) is 12.7. The molecule has 0 aliphatic rings. The molecule has 0 fully saturated rings. The lowest BCUT2D eigenvalue weighted by Gasteiger charge is -2.07. The SMILES string of the molecule is COc1cc(CSc2nc(CC(=O)Nc3nccs3)cs2)cc(OC)c1. The number of nitrogens with zero attached hydrogens (tertiary/aromatic N) is 2. The van der Waals surface area contributed by atoms with E-state index in [0.29, 0.717) is 5.13 Å². The minimum Gasteiger partial charge on any atom is -0.497 e. The Morgan fingerprint density at radius 3 is 2.62 bits per heavy atom. The molecule has 3 aromatic rings. The molecule has 0 saturated carbocycles. The van der Waals surface area contributed by atoms with Crippen LogP contribution >= 0.6 is 34.4 Å². The van der Waals surface area contributed by atoms with E-state index in [0.717, 1.165) is 32.8 Å². The molecule has 1 N–H and O–H groups in total. The second-order valence-corrected chi connectivity index (χ2v) is 8.15. The smallest absolute Gasteiger partial charge is 0.232 e. The fraction of sp³-hybridized carbons (Fsp3) is 0.235. The molecular formula is C17H17N3O3S3. The highest BCUT2D eigenvalue weighted by Gasteiger charge is 2.10. The third-order valence-corrected chi connectivity index (χ3v) is 6.15. The predicted octanol–water partition coefficient (Wildman–Crippen LogP) is 4.09. The van der Waals surface area contributed by atoms with E-state index < -0.39 is 0 Å². The van der Waals surface area contributed by atoms with Gasteiger partial charge in [0.25, 0.3) is 0 Å². The number of hydrogen-bond acceptors (Lipinski definition) is 8. The minimum absolute atomic E-state index is 0.112. The van der Waals surface area contributed by atoms with Crippen LogP contribution in [0.3, 0.4) is 0 Å². The van der Waals surface area contributed by atoms with E-state index in [1.54, 1.807) is 32.2 Å². The number of thioether (sulfide) groups is 1. The largest absolute Gasteiger partial charge is 0.497 e. The molecule has 0 atom stereocenters. The van der Waals surface area contributed by atoms with Crippen LogP contribution in [0.4, 0.5) is 5.13 Å². The third kappa shape index (κ3) is 5.20. The fourth-order valence-electron chi connectivity index (χ4n) is 2.14. The molecule has 0 aliphatic carbocycles. The molecule has 3 rings (SSSR count). The zero-order valence-corrected chi connectivity index (χ0v) is 16.7. The van der Waals surface area contributed by atoms with Crippen molar-refractivity contribution in [2.45, 2.75) is 16.5 Å². The van der Waals surface area contributed by atoms with E-state index in [9.17, 15) is 4.79 Å². The molecule has 0 aliphatic heterocycles. The Kier molecular flexibility index (Phi) is 6.48. The lowest BCUT2D eigenvalue weighted by molar-refractivity contribution is -0.115. The fourth-order valence-corrected chi connectivity index (χ4v) is 4.46. The predicted molar refractivity (Wildman–Crippen MR) is 106 cm³/mol. The standard InChI is InChI=1S/C17H17N3O3S3/c1-22-13-5-11(6-14(8-13)23-2)9-25-17-19-12(10-26-17)7-15(21)20-16-18-3-4-24-16/h3-6,8,10H,7,9H2,1-2H3,(H,18,20,21). The number of methoxy groups -OCH3 is 2. The molecule has 0 spiro atoms. The van der Waals surface area contributed by atoms with Gasteiger partial charge in [-0.3, -0.25) is 4.79 Å². The number of hydrogen-bond donors (Lipinski definition) is 1. The number of carbonyl (C=O) groups is 1. The molecule has 0 unspecified atom stereocenters. The quantitative estimate of drug-likeness (QED) is 0.567. The van der Waals surface area contributed by atoms with Gasteiger partial charge in [0.05, 0.1) is 26.3 Å². The average Bonchev–Trinajstić information content (AvgIpc) is 3.31. The van der Waals surface area contributed by atoms with Gasteiger partial charge in [-0.25, -0.2) is 9.97 Å². The maximum absolute atomic E-state index is 12.0. The number of ether oxygens (including phenoxy) is 2. The second-order valence-electron chi connectivity index (χ2n) is 5.18. The maximum Gasteiger partial charge on any atom is 0.232 e. The minimum atomic E-state index is -0.112. The van der Waals surface area contributed by atoms with Crippen molar-refractivity contribution >= 4 is 45.5 Å². The lowest BCUT2D eigenvalue weighted by atomic mass is 10.2. The van der Waals surface area contributed by atoms with Crippen LogP contribution in [0, 0.1) is 0 Å². The van der Waals surface area contributed by atoms with Gasteiger partial charge in [-0.15, -0.1) is 22.7 Å². The van der Waals surface area contributed by atoms with Gasteiger partial charge in [0.15, 0.2) is 5.13 Å². The summed E-state index contributed by atoms with van der Waals surface area (Å²) < 4.78 is 11.5. The summed E-state index contributed by atoms with van der Waals surface area (Å²) in [7, 11) is 3.27. The van der Waals surface area contributed by atoms with Gasteiger partial charge in [0, 0.05) is 28.8 Å². The van der Waals surface area contributed by atoms with E-state index in [1.165, 1.54) is 22.7 Å². The molecule has 9 heteroatoms. The van der Waals surface area contributed by atoms with Crippen molar-refractivity contribution < 1.29 is 14.3 Å². The first kappa shape index (κ1) is 18.7. The first-order valence-corrected chi connectivity index (χ1v) is 10.4. The molecule has 136 valence electrons. The molecule has 1 aromatic carbocycles. The van der Waals surface area contributed by atoms with Crippen molar-refractivity contribution in [1.82, 2.24) is 9.97 Å². The molecule has 6 nitrogen and oxygen atoms in total. The van der Waals surface area contributed by atoms with Gasteiger partial charge in [-0.05, 0) is 17.7 Å². The summed E-state index contributed by atoms with van der Waals surface area (Å²) in [5, 5.41) is 7.10. The molecule has 26 heavy (non-hydrogen) atoms. The van der Waals surface area contributed by atoms with Gasteiger partial charge < -0.3 is 14.8 Å². The van der Waals surface area contributed by atoms with Gasteiger partial charge in [-0.1, -0.05) is 11.8 Å². The Morgan fingerprint density at radius 1 is 1.19 bits per heavy atom. The molecule has 0 bridgehead atoms. The maximum atomic E-state index is 12.0. The van der Waals surface area contributed by atoms with Crippen LogP contribution in [0.15, 0.2) is 39.5 Å². The number of amides is 1. The molecule has 0 radical (unpaired) electrons. The Bertz CT molecular complexity index is 843. The Hall–Kier alpha value is -2.10. The summed E-state index contributed by atoms with van der Waals surface area (Å²) in [6.45, 7) is 0. The van der Waals surface area contributed by atoms with Gasteiger partial charge in [0.2, 0.25) is 5.91 Å². The van der Waals surface area contributed by atoms with Crippen LogP contribution in [-0.2, 0) is 17.0 Å². The highest BCUT2D eigenvalue weighted by molar-refractivity contribution is 8.00. The Labute approximate surface area is 163 Å². The number of rotatable bonds is 8. The summed E-state index contributed by atoms with van der Waals surface area (Å²) >= 11 is 4.55. The number of aromatic nitrogens is 2. The number of anilines is 1. The van der Waals surface area contributed by atoms with E-state index in [-0.39, 0.29) is 12.3 Å². The topological polar surface area (TPSA) is 73.3 Å². The third-order valence-electron chi connectivity index (χ3n) is 3.32. The summed E-state index contributed by atoms with van der Waals surface area (Å²) in [5.41, 5.74) is 1.85. The zero-order valence-electron chi connectivity index (χ0n) is 14.2. The first-order valence-electron chi connectivity index (χ1n) is 7.65. The molecule has 2 aromatic heterocycles. The lowest BCUT2D eigenvalue weighted by Crippen LogP contribution is -2.14. The van der Waals surface area contributed by atoms with Crippen LogP contribution < -0.4 is 14.8 Å². The summed E-state index contributed by atoms with van der Waals surface area (Å²) in [6, 6.07) is 5.80. The van der Waals surface area contributed by atoms with E-state index >= 15 is 0 Å². The van der Waals surface area contributed by atoms with Crippen LogP contribution in [-0.4, -0.2) is 30.1 Å². The van der Waals surface area contributed by atoms with Crippen molar-refractivity contribution in [3.05, 3.63) is 46.4 Å². The number of thiazole rings is 2. The summed E-state index contributed by atoms with van der Waals surface area (Å²) in [6.07, 6.45) is 1.90. The zero-order chi connectivity index (χ0) is 18.4. The molecule has 1 amide bonds. The summed E-state index contributed by atoms with van der Waals surface area (Å²) in [5.74, 6) is 2.16. The number of carbonyl (C=O) groups excluding carboxylic acids is 1. The van der Waals surface area contributed by atoms with Crippen molar-refractivity contribution in [2.75, 3.05) is 19.5 Å². The van der Waals surface area contributed by atoms with Crippen LogP contribution in [0.2, 0.25) is 0 Å². The van der Waals surface area contributed by atoms with Gasteiger partial charge in [-0.2, -0.15) is 0 Å². The monoisotopic (exact) mass is 407 g/mol. The van der Waals surface area contributed by atoms with Gasteiger partial charge >= 0.3 is 0 Å². The van der Waals surface area contributed by atoms with E-state index in [1.807, 2.05) is 29.0 Å². The van der Waals surface area contributed by atoms with Crippen molar-refractivity contribution in [3.8, 4) is 11.5 Å². The van der Waals surface area contributed by atoms with E-state index in [4.69, 9.17) is 9.47 Å². The highest BCUT2D eigenvalue weighted by Crippen LogP contribution is 2.30. The van der Waals surface area contributed by atoms with Gasteiger partial charge in [0.1, 0.15) is 15.8 Å². The number of nitrogens with one attached hydrogen (secondary N) is 1. The number of benzene rings is 1. The average molecular weight is 408 g/mol. The van der Waals surface area contributed by atoms with Crippen LogP contribution in [0.1, 0.15) is 11.3 Å². The second kappa shape index (κ2) is 9.02. The van der Waals surface area contributed by atoms with Crippen molar-refractivity contribution in [2.24, 2.45) is 0 Å². The van der Waals surface area contributed by atoms with Crippen LogP contribution in [0.25, 0.3) is 0 Å². The highest BCUT2D eigenvalue weighted by atomic mass is 32.2. The van der Waals surface area contributed by atoms with E-state index in [2.05, 4.69) is 15.3 Å². The molecule has 2 heterocycles. The Balaban J connectivity index is 1.56. The molecular weight excluding hydrogens is 390 g/mol. The summed E-state index contributed by atoms with van der Waals surface area (Å²) in [4.78, 5) is 20.6.